The molecule has 11 nitrogen and oxygen atoms in total. The lowest BCUT2D eigenvalue weighted by Gasteiger charge is -2.55. The topological polar surface area (TPSA) is 96.4 Å². The number of anilines is 1. The lowest BCUT2D eigenvalue weighted by molar-refractivity contribution is -0.164. The minimum absolute atomic E-state index is 0.0778. The summed E-state index contributed by atoms with van der Waals surface area (Å²) in [6.07, 6.45) is 8.33. The van der Waals surface area contributed by atoms with Crippen molar-refractivity contribution in [3.8, 4) is 17.3 Å². The number of rotatable bonds is 8. The molecule has 6 aliphatic heterocycles. The summed E-state index contributed by atoms with van der Waals surface area (Å²) in [5.74, 6) is -2.72. The summed E-state index contributed by atoms with van der Waals surface area (Å²) >= 11 is 0. The van der Waals surface area contributed by atoms with Gasteiger partial charge in [0.2, 0.25) is 5.91 Å². The number of carbonyl (C=O) groups excluding carboxylic acids is 1. The molecule has 1 amide bonds. The van der Waals surface area contributed by atoms with Crippen LogP contribution in [0, 0.1) is 17.5 Å². The van der Waals surface area contributed by atoms with E-state index >= 15 is 8.78 Å². The van der Waals surface area contributed by atoms with Gasteiger partial charge < -0.3 is 24.0 Å². The molecular formula is C41H43F4N7O4. The number of morpholine rings is 1. The zero-order valence-corrected chi connectivity index (χ0v) is 30.9. The quantitative estimate of drug-likeness (QED) is 0.179. The van der Waals surface area contributed by atoms with Gasteiger partial charge in [0.1, 0.15) is 35.3 Å². The molecule has 0 N–H and O–H groups in total. The normalized spacial score (nSPS) is 27.5. The Kier molecular flexibility index (Phi) is 8.91. The number of hydrogen-bond acceptors (Lipinski definition) is 10. The van der Waals surface area contributed by atoms with E-state index in [-0.39, 0.29) is 40.7 Å². The molecule has 6 aliphatic rings. The molecule has 2 aromatic heterocycles. The van der Waals surface area contributed by atoms with Crippen LogP contribution in [0.15, 0.2) is 48.7 Å². The van der Waals surface area contributed by atoms with E-state index in [0.29, 0.717) is 81.0 Å². The third-order valence-electron chi connectivity index (χ3n) is 13.0. The second kappa shape index (κ2) is 13.9. The molecule has 1 spiro atoms. The second-order valence-electron chi connectivity index (χ2n) is 16.3. The first kappa shape index (κ1) is 35.9. The zero-order chi connectivity index (χ0) is 38.2. The molecule has 294 valence electrons. The van der Waals surface area contributed by atoms with Gasteiger partial charge in [-0.25, -0.2) is 17.6 Å². The summed E-state index contributed by atoms with van der Waals surface area (Å²) in [5.41, 5.74) is -1.37. The maximum Gasteiger partial charge on any atom is 0.319 e. The van der Waals surface area contributed by atoms with Crippen LogP contribution in [0.2, 0.25) is 0 Å². The van der Waals surface area contributed by atoms with E-state index in [2.05, 4.69) is 19.8 Å². The Morgan fingerprint density at radius 2 is 1.84 bits per heavy atom. The van der Waals surface area contributed by atoms with Crippen LogP contribution in [0.3, 0.4) is 0 Å². The summed E-state index contributed by atoms with van der Waals surface area (Å²) in [5, 5.41) is 0.596. The highest BCUT2D eigenvalue weighted by molar-refractivity contribution is 5.99. The van der Waals surface area contributed by atoms with Crippen molar-refractivity contribution in [1.82, 2.24) is 29.7 Å². The lowest BCUT2D eigenvalue weighted by Crippen LogP contribution is -2.72. The van der Waals surface area contributed by atoms with Crippen LogP contribution >= 0.6 is 0 Å². The molecule has 0 aliphatic carbocycles. The van der Waals surface area contributed by atoms with Gasteiger partial charge in [0.15, 0.2) is 17.5 Å². The minimum atomic E-state index is -1.10. The van der Waals surface area contributed by atoms with Gasteiger partial charge in [0, 0.05) is 74.5 Å². The first-order valence-corrected chi connectivity index (χ1v) is 19.6. The highest BCUT2D eigenvalue weighted by Crippen LogP contribution is 2.42. The SMILES string of the molecule is O=C(/C=C/CN1[C@@H]2CC[C@H]1COC2)N1CCN(c2nc(OC[C@@]34CCCN3C[C@H](F)C4)nc3c(F)c(-c4cccc5ccc(F)c(F)c45)ncc23)CC12COC2. The van der Waals surface area contributed by atoms with E-state index in [9.17, 15) is 13.6 Å². The second-order valence-corrected chi connectivity index (χ2v) is 16.3. The molecule has 6 fully saturated rings. The van der Waals surface area contributed by atoms with Gasteiger partial charge in [-0.05, 0) is 43.7 Å². The summed E-state index contributed by atoms with van der Waals surface area (Å²) in [4.78, 5) is 36.0. The number of carbonyl (C=O) groups is 1. The fourth-order valence-electron chi connectivity index (χ4n) is 10.1. The van der Waals surface area contributed by atoms with Crippen LogP contribution in [0.1, 0.15) is 32.1 Å². The van der Waals surface area contributed by atoms with Crippen molar-refractivity contribution in [3.63, 3.8) is 0 Å². The summed E-state index contributed by atoms with van der Waals surface area (Å²) in [6.45, 7) is 5.13. The Hall–Kier alpha value is -4.44. The molecule has 8 heterocycles. The fourth-order valence-corrected chi connectivity index (χ4v) is 10.1. The van der Waals surface area contributed by atoms with Crippen LogP contribution in [-0.2, 0) is 14.3 Å². The largest absolute Gasteiger partial charge is 0.461 e. The average Bonchev–Trinajstić information content (AvgIpc) is 3.79. The third kappa shape index (κ3) is 5.92. The van der Waals surface area contributed by atoms with Crippen LogP contribution < -0.4 is 9.64 Å². The Bertz CT molecular complexity index is 2230. The summed E-state index contributed by atoms with van der Waals surface area (Å²) < 4.78 is 79.1. The number of halogens is 4. The number of benzene rings is 2. The predicted molar refractivity (Wildman–Crippen MR) is 200 cm³/mol. The van der Waals surface area contributed by atoms with Crippen LogP contribution in [0.5, 0.6) is 6.01 Å². The van der Waals surface area contributed by atoms with Gasteiger partial charge in [-0.2, -0.15) is 9.97 Å². The first-order valence-electron chi connectivity index (χ1n) is 19.6. The molecule has 6 saturated heterocycles. The lowest BCUT2D eigenvalue weighted by atomic mass is 9.91. The molecule has 0 radical (unpaired) electrons. The van der Waals surface area contributed by atoms with Crippen molar-refractivity contribution >= 4 is 33.4 Å². The highest BCUT2D eigenvalue weighted by atomic mass is 19.2. The number of aromatic nitrogens is 3. The number of hydrogen-bond donors (Lipinski definition) is 0. The van der Waals surface area contributed by atoms with Gasteiger partial charge in [0.05, 0.1) is 37.4 Å². The molecule has 2 aromatic carbocycles. The average molecular weight is 774 g/mol. The van der Waals surface area contributed by atoms with E-state index in [1.165, 1.54) is 18.3 Å². The predicted octanol–water partition coefficient (Wildman–Crippen LogP) is 5.05. The van der Waals surface area contributed by atoms with Crippen molar-refractivity contribution in [2.24, 2.45) is 0 Å². The molecule has 0 saturated carbocycles. The van der Waals surface area contributed by atoms with E-state index in [4.69, 9.17) is 19.2 Å². The smallest absolute Gasteiger partial charge is 0.319 e. The summed E-state index contributed by atoms with van der Waals surface area (Å²) in [6, 6.07) is 7.93. The molecule has 4 atom stereocenters. The van der Waals surface area contributed by atoms with Crippen molar-refractivity contribution < 1.29 is 36.6 Å². The van der Waals surface area contributed by atoms with E-state index in [1.54, 1.807) is 18.2 Å². The van der Waals surface area contributed by atoms with E-state index < -0.39 is 34.7 Å². The standard InChI is InChI=1S/C41H43F4N7O4/c42-26-16-40(11-3-12-50(40)18-26)24-56-39-47-37-30(17-46-36(35(37)45)29-5-1-4-25-7-10-31(43)34(44)33(25)29)38(48-39)49-14-15-52(41(21-49)22-55-23-41)32(53)6-2-13-51-27-8-9-28(51)20-54-19-27/h1-2,4-7,10,17,26-28H,3,8-9,11-16,18-24H2/b6-2+/t26-,27-,28+,40+/m1/s1. The number of fused-ring (bicyclic) bond motifs is 5. The van der Waals surface area contributed by atoms with Gasteiger partial charge in [-0.1, -0.05) is 30.3 Å². The highest BCUT2D eigenvalue weighted by Gasteiger charge is 2.51. The molecular weight excluding hydrogens is 730 g/mol. The van der Waals surface area contributed by atoms with Crippen molar-refractivity contribution in [3.05, 3.63) is 66.1 Å². The van der Waals surface area contributed by atoms with Gasteiger partial charge in [-0.15, -0.1) is 0 Å². The Balaban J connectivity index is 0.985. The first-order chi connectivity index (χ1) is 27.2. The van der Waals surface area contributed by atoms with Crippen molar-refractivity contribution in [2.45, 2.75) is 61.4 Å². The molecule has 2 bridgehead atoms. The fraction of sp³-hybridized carbons (Fsp3) is 0.512. The number of ether oxygens (including phenoxy) is 3. The monoisotopic (exact) mass is 773 g/mol. The van der Waals surface area contributed by atoms with E-state index in [1.807, 2.05) is 15.9 Å². The number of pyridine rings is 1. The summed E-state index contributed by atoms with van der Waals surface area (Å²) in [7, 11) is 0. The molecule has 0 unspecified atom stereocenters. The molecule has 4 aromatic rings. The Morgan fingerprint density at radius 3 is 2.64 bits per heavy atom. The Labute approximate surface area is 321 Å². The molecule has 10 rings (SSSR count). The van der Waals surface area contributed by atoms with Gasteiger partial charge in [-0.3, -0.25) is 19.6 Å². The number of piperazine rings is 1. The van der Waals surface area contributed by atoms with Crippen molar-refractivity contribution in [2.75, 3.05) is 77.2 Å². The number of alkyl halides is 1. The van der Waals surface area contributed by atoms with Crippen molar-refractivity contribution in [1.29, 1.82) is 0 Å². The van der Waals surface area contributed by atoms with E-state index in [0.717, 1.165) is 51.5 Å². The number of nitrogens with zero attached hydrogens (tertiary/aromatic N) is 7. The van der Waals surface area contributed by atoms with Gasteiger partial charge >= 0.3 is 6.01 Å². The maximum atomic E-state index is 17.0. The zero-order valence-electron chi connectivity index (χ0n) is 30.9. The number of amides is 1. The molecule has 15 heteroatoms. The Morgan fingerprint density at radius 1 is 1.00 bits per heavy atom. The molecule has 56 heavy (non-hydrogen) atoms. The van der Waals surface area contributed by atoms with Crippen LogP contribution in [-0.4, -0.2) is 137 Å². The third-order valence-corrected chi connectivity index (χ3v) is 13.0. The maximum absolute atomic E-state index is 17.0. The van der Waals surface area contributed by atoms with Crippen LogP contribution in [0.4, 0.5) is 23.4 Å². The minimum Gasteiger partial charge on any atom is -0.461 e. The van der Waals surface area contributed by atoms with Crippen LogP contribution in [0.25, 0.3) is 32.9 Å². The van der Waals surface area contributed by atoms with Gasteiger partial charge in [0.25, 0.3) is 0 Å².